The highest BCUT2D eigenvalue weighted by Gasteiger charge is 2.02. The van der Waals surface area contributed by atoms with Crippen LogP contribution in [0.4, 0.5) is 5.69 Å². The number of rotatable bonds is 2. The molecule has 3 N–H and O–H groups in total. The number of hydrazine groups is 1. The molecule has 0 heterocycles. The SMILES string of the molecule is Cc1cc(C)cc(NC(=S)NNC(=O)CC#N)c1. The minimum absolute atomic E-state index is 0.209. The number of hydrogen-bond donors (Lipinski definition) is 3. The molecule has 0 bridgehead atoms. The molecule has 0 spiro atoms. The summed E-state index contributed by atoms with van der Waals surface area (Å²) < 4.78 is 0. The number of benzene rings is 1. The quantitative estimate of drug-likeness (QED) is 0.556. The number of amides is 1. The third-order valence-electron chi connectivity index (χ3n) is 2.03. The van der Waals surface area contributed by atoms with E-state index in [9.17, 15) is 4.79 Å². The minimum Gasteiger partial charge on any atom is -0.331 e. The lowest BCUT2D eigenvalue weighted by Crippen LogP contribution is -2.43. The molecule has 1 aromatic rings. The number of anilines is 1. The molecule has 0 aliphatic rings. The van der Waals surface area contributed by atoms with Gasteiger partial charge in [0, 0.05) is 5.69 Å². The summed E-state index contributed by atoms with van der Waals surface area (Å²) in [5, 5.41) is 11.5. The van der Waals surface area contributed by atoms with Gasteiger partial charge in [0.25, 0.3) is 5.91 Å². The summed E-state index contributed by atoms with van der Waals surface area (Å²) in [5.74, 6) is -0.429. The van der Waals surface area contributed by atoms with E-state index < -0.39 is 5.91 Å². The van der Waals surface area contributed by atoms with Crippen LogP contribution >= 0.6 is 12.2 Å². The molecule has 0 saturated carbocycles. The predicted octanol–water partition coefficient (Wildman–Crippen LogP) is 1.53. The van der Waals surface area contributed by atoms with Gasteiger partial charge in [-0.2, -0.15) is 5.26 Å². The third kappa shape index (κ3) is 4.80. The van der Waals surface area contributed by atoms with Crippen molar-refractivity contribution in [2.75, 3.05) is 5.32 Å². The third-order valence-corrected chi connectivity index (χ3v) is 2.24. The second-order valence-corrected chi connectivity index (χ2v) is 4.25. The van der Waals surface area contributed by atoms with E-state index in [0.29, 0.717) is 0 Å². The van der Waals surface area contributed by atoms with Crippen LogP contribution in [0.15, 0.2) is 18.2 Å². The molecule has 0 radical (unpaired) electrons. The first-order valence-corrected chi connectivity index (χ1v) is 5.73. The molecule has 94 valence electrons. The molecule has 1 rings (SSSR count). The maximum atomic E-state index is 11.0. The summed E-state index contributed by atoms with van der Waals surface area (Å²) >= 11 is 5.01. The predicted molar refractivity (Wildman–Crippen MR) is 73.6 cm³/mol. The Balaban J connectivity index is 2.50. The maximum absolute atomic E-state index is 11.0. The average molecular weight is 262 g/mol. The number of carbonyl (C=O) groups excluding carboxylic acids is 1. The van der Waals surface area contributed by atoms with E-state index in [1.165, 1.54) is 0 Å². The Bertz CT molecular complexity index is 487. The van der Waals surface area contributed by atoms with Gasteiger partial charge in [-0.3, -0.25) is 15.6 Å². The zero-order chi connectivity index (χ0) is 13.5. The van der Waals surface area contributed by atoms with Gasteiger partial charge in [0.05, 0.1) is 6.07 Å². The number of hydrogen-bond acceptors (Lipinski definition) is 3. The maximum Gasteiger partial charge on any atom is 0.252 e. The van der Waals surface area contributed by atoms with Gasteiger partial charge >= 0.3 is 0 Å². The Labute approximate surface area is 111 Å². The van der Waals surface area contributed by atoms with Crippen molar-refractivity contribution in [1.82, 2.24) is 10.9 Å². The van der Waals surface area contributed by atoms with E-state index in [1.807, 2.05) is 26.0 Å². The van der Waals surface area contributed by atoms with Crippen LogP contribution < -0.4 is 16.2 Å². The largest absolute Gasteiger partial charge is 0.331 e. The monoisotopic (exact) mass is 262 g/mol. The highest BCUT2D eigenvalue weighted by atomic mass is 32.1. The molecule has 1 aromatic carbocycles. The smallest absolute Gasteiger partial charge is 0.252 e. The van der Waals surface area contributed by atoms with Crippen molar-refractivity contribution in [1.29, 1.82) is 5.26 Å². The van der Waals surface area contributed by atoms with Crippen molar-refractivity contribution in [3.05, 3.63) is 29.3 Å². The van der Waals surface area contributed by atoms with Crippen LogP contribution in [0.2, 0.25) is 0 Å². The van der Waals surface area contributed by atoms with Gasteiger partial charge in [-0.15, -0.1) is 0 Å². The van der Waals surface area contributed by atoms with Crippen LogP contribution in [0.3, 0.4) is 0 Å². The lowest BCUT2D eigenvalue weighted by molar-refractivity contribution is -0.120. The highest BCUT2D eigenvalue weighted by molar-refractivity contribution is 7.80. The van der Waals surface area contributed by atoms with Gasteiger partial charge < -0.3 is 5.32 Å². The molecule has 0 unspecified atom stereocenters. The fraction of sp³-hybridized carbons (Fsp3) is 0.250. The zero-order valence-corrected chi connectivity index (χ0v) is 11.0. The Morgan fingerprint density at radius 1 is 1.28 bits per heavy atom. The van der Waals surface area contributed by atoms with E-state index in [-0.39, 0.29) is 11.5 Å². The van der Waals surface area contributed by atoms with Crippen molar-refractivity contribution in [2.45, 2.75) is 20.3 Å². The van der Waals surface area contributed by atoms with E-state index in [0.717, 1.165) is 16.8 Å². The molecule has 0 aromatic heterocycles. The number of aryl methyl sites for hydroxylation is 2. The van der Waals surface area contributed by atoms with Gasteiger partial charge in [-0.05, 0) is 49.3 Å². The summed E-state index contributed by atoms with van der Waals surface area (Å²) in [6, 6.07) is 7.68. The highest BCUT2D eigenvalue weighted by Crippen LogP contribution is 2.13. The Morgan fingerprint density at radius 3 is 2.44 bits per heavy atom. The number of thiocarbonyl (C=S) groups is 1. The van der Waals surface area contributed by atoms with Crippen LogP contribution in [0, 0.1) is 25.2 Å². The number of nitrogens with one attached hydrogen (secondary N) is 3. The fourth-order valence-electron chi connectivity index (χ4n) is 1.45. The molecule has 0 atom stereocenters. The summed E-state index contributed by atoms with van der Waals surface area (Å²) in [6.07, 6.45) is -0.209. The molecular formula is C12H14N4OS. The normalized spacial score (nSPS) is 9.17. The first-order chi connectivity index (χ1) is 8.51. The van der Waals surface area contributed by atoms with Crippen molar-refractivity contribution in [3.63, 3.8) is 0 Å². The lowest BCUT2D eigenvalue weighted by Gasteiger charge is -2.11. The van der Waals surface area contributed by atoms with Crippen LogP contribution in [0.5, 0.6) is 0 Å². The minimum atomic E-state index is -0.429. The van der Waals surface area contributed by atoms with Gasteiger partial charge in [-0.1, -0.05) is 6.07 Å². The molecule has 0 fully saturated rings. The van der Waals surface area contributed by atoms with Gasteiger partial charge in [-0.25, -0.2) is 0 Å². The first-order valence-electron chi connectivity index (χ1n) is 5.32. The molecule has 6 heteroatoms. The Morgan fingerprint density at radius 2 is 1.89 bits per heavy atom. The van der Waals surface area contributed by atoms with Crippen molar-refractivity contribution >= 4 is 28.9 Å². The van der Waals surface area contributed by atoms with E-state index in [4.69, 9.17) is 17.5 Å². The number of carbonyl (C=O) groups is 1. The summed E-state index contributed by atoms with van der Waals surface area (Å²) in [5.41, 5.74) is 7.93. The molecule has 0 aliphatic carbocycles. The number of nitriles is 1. The van der Waals surface area contributed by atoms with Crippen molar-refractivity contribution < 1.29 is 4.79 Å². The standard InChI is InChI=1S/C12H14N4OS/c1-8-5-9(2)7-10(6-8)14-12(18)16-15-11(17)3-4-13/h5-7H,3H2,1-2H3,(H,15,17)(H2,14,16,18). The second-order valence-electron chi connectivity index (χ2n) is 3.84. The zero-order valence-electron chi connectivity index (χ0n) is 10.2. The van der Waals surface area contributed by atoms with Crippen LogP contribution in [-0.2, 0) is 4.79 Å². The molecular weight excluding hydrogens is 248 g/mol. The van der Waals surface area contributed by atoms with Crippen LogP contribution in [-0.4, -0.2) is 11.0 Å². The summed E-state index contributed by atoms with van der Waals surface area (Å²) in [4.78, 5) is 11.0. The first kappa shape index (κ1) is 13.9. The Kier molecular flexibility index (Phi) is 5.08. The van der Waals surface area contributed by atoms with Crippen molar-refractivity contribution in [3.8, 4) is 6.07 Å². The fourth-order valence-corrected chi connectivity index (χ4v) is 1.62. The topological polar surface area (TPSA) is 76.9 Å². The van der Waals surface area contributed by atoms with Crippen LogP contribution in [0.1, 0.15) is 17.5 Å². The van der Waals surface area contributed by atoms with E-state index in [1.54, 1.807) is 6.07 Å². The average Bonchev–Trinajstić information content (AvgIpc) is 2.25. The Hall–Kier alpha value is -2.13. The molecule has 1 amide bonds. The second kappa shape index (κ2) is 6.57. The van der Waals surface area contributed by atoms with Crippen LogP contribution in [0.25, 0.3) is 0 Å². The lowest BCUT2D eigenvalue weighted by atomic mass is 10.1. The van der Waals surface area contributed by atoms with E-state index >= 15 is 0 Å². The van der Waals surface area contributed by atoms with Gasteiger partial charge in [0.15, 0.2) is 5.11 Å². The van der Waals surface area contributed by atoms with Crippen molar-refractivity contribution in [2.24, 2.45) is 0 Å². The van der Waals surface area contributed by atoms with Gasteiger partial charge in [0.1, 0.15) is 6.42 Å². The summed E-state index contributed by atoms with van der Waals surface area (Å²) in [6.45, 7) is 3.98. The number of nitrogens with zero attached hydrogens (tertiary/aromatic N) is 1. The molecule has 18 heavy (non-hydrogen) atoms. The van der Waals surface area contributed by atoms with E-state index in [2.05, 4.69) is 22.2 Å². The molecule has 0 aliphatic heterocycles. The summed E-state index contributed by atoms with van der Waals surface area (Å²) in [7, 11) is 0. The van der Waals surface area contributed by atoms with Gasteiger partial charge in [0.2, 0.25) is 0 Å². The molecule has 0 saturated heterocycles. The molecule has 5 nitrogen and oxygen atoms in total.